The Bertz CT molecular complexity index is 505. The van der Waals surface area contributed by atoms with Gasteiger partial charge in [-0.3, -0.25) is 9.78 Å². The highest BCUT2D eigenvalue weighted by molar-refractivity contribution is 5.77. The molecule has 1 aliphatic rings. The van der Waals surface area contributed by atoms with Crippen LogP contribution < -0.4 is 0 Å². The first-order valence-electron chi connectivity index (χ1n) is 7.80. The summed E-state index contributed by atoms with van der Waals surface area (Å²) in [5.74, 6) is 0.264. The van der Waals surface area contributed by atoms with Crippen molar-refractivity contribution in [1.82, 2.24) is 9.88 Å². The molecule has 3 heteroatoms. The van der Waals surface area contributed by atoms with Gasteiger partial charge in [0.25, 0.3) is 0 Å². The molecule has 0 unspecified atom stereocenters. The van der Waals surface area contributed by atoms with Gasteiger partial charge in [-0.15, -0.1) is 0 Å². The van der Waals surface area contributed by atoms with E-state index in [1.165, 1.54) is 5.57 Å². The minimum absolute atomic E-state index is 0.231. The molecule has 1 aliphatic heterocycles. The molecule has 21 heavy (non-hydrogen) atoms. The van der Waals surface area contributed by atoms with Gasteiger partial charge in [-0.25, -0.2) is 0 Å². The Morgan fingerprint density at radius 2 is 2.24 bits per heavy atom. The fourth-order valence-electron chi connectivity index (χ4n) is 2.94. The van der Waals surface area contributed by atoms with E-state index in [-0.39, 0.29) is 11.3 Å². The third kappa shape index (κ3) is 4.69. The summed E-state index contributed by atoms with van der Waals surface area (Å²) in [7, 11) is 0. The molecule has 0 saturated carbocycles. The molecule has 0 N–H and O–H groups in total. The minimum Gasteiger partial charge on any atom is -0.336 e. The Labute approximate surface area is 128 Å². The molecule has 0 radical (unpaired) electrons. The third-order valence-electron chi connectivity index (χ3n) is 4.25. The van der Waals surface area contributed by atoms with Crippen LogP contribution in [-0.4, -0.2) is 22.3 Å². The molecular weight excluding hydrogens is 260 g/mol. The van der Waals surface area contributed by atoms with E-state index < -0.39 is 0 Å². The Balaban J connectivity index is 1.98. The predicted octanol–water partition coefficient (Wildman–Crippen LogP) is 3.96. The number of carbonyl (C=O) groups is 1. The van der Waals surface area contributed by atoms with Crippen LogP contribution in [0.2, 0.25) is 0 Å². The van der Waals surface area contributed by atoms with Gasteiger partial charge >= 0.3 is 0 Å². The predicted molar refractivity (Wildman–Crippen MR) is 85.7 cm³/mol. The Morgan fingerprint density at radius 1 is 1.43 bits per heavy atom. The lowest BCUT2D eigenvalue weighted by Gasteiger charge is -2.40. The van der Waals surface area contributed by atoms with Crippen molar-refractivity contribution in [2.45, 2.75) is 53.0 Å². The Morgan fingerprint density at radius 3 is 2.90 bits per heavy atom. The van der Waals surface area contributed by atoms with Crippen LogP contribution in [0.15, 0.2) is 36.0 Å². The van der Waals surface area contributed by atoms with E-state index in [0.29, 0.717) is 13.0 Å². The molecule has 1 fully saturated rings. The van der Waals surface area contributed by atoms with Gasteiger partial charge in [-0.1, -0.05) is 24.6 Å². The monoisotopic (exact) mass is 286 g/mol. The normalized spacial score (nSPS) is 22.2. The number of amides is 1. The number of piperidine rings is 1. The van der Waals surface area contributed by atoms with Gasteiger partial charge < -0.3 is 4.90 Å². The molecule has 3 nitrogen and oxygen atoms in total. The van der Waals surface area contributed by atoms with E-state index in [0.717, 1.165) is 31.5 Å². The summed E-state index contributed by atoms with van der Waals surface area (Å²) in [4.78, 5) is 18.5. The van der Waals surface area contributed by atoms with Crippen molar-refractivity contribution in [3.63, 3.8) is 0 Å². The number of nitrogens with zero attached hydrogens (tertiary/aromatic N) is 2. The van der Waals surface area contributed by atoms with Gasteiger partial charge in [-0.05, 0) is 50.7 Å². The number of hydrogen-bond acceptors (Lipinski definition) is 2. The molecule has 0 spiro atoms. The zero-order chi connectivity index (χ0) is 15.3. The van der Waals surface area contributed by atoms with Crippen molar-refractivity contribution in [3.8, 4) is 0 Å². The van der Waals surface area contributed by atoms with Crippen LogP contribution >= 0.6 is 0 Å². The Kier molecular flexibility index (Phi) is 5.16. The highest BCUT2D eigenvalue weighted by Crippen LogP contribution is 2.35. The highest BCUT2D eigenvalue weighted by Gasteiger charge is 2.34. The molecule has 1 aromatic heterocycles. The first-order chi connectivity index (χ1) is 9.98. The van der Waals surface area contributed by atoms with Crippen molar-refractivity contribution in [1.29, 1.82) is 0 Å². The van der Waals surface area contributed by atoms with Gasteiger partial charge in [0, 0.05) is 19.2 Å². The number of hydrogen-bond donors (Lipinski definition) is 0. The topological polar surface area (TPSA) is 33.2 Å². The van der Waals surface area contributed by atoms with Crippen molar-refractivity contribution in [2.24, 2.45) is 5.41 Å². The maximum atomic E-state index is 12.2. The van der Waals surface area contributed by atoms with Crippen molar-refractivity contribution >= 4 is 5.91 Å². The molecule has 0 bridgehead atoms. The molecule has 1 aromatic rings. The zero-order valence-corrected chi connectivity index (χ0v) is 13.4. The van der Waals surface area contributed by atoms with Crippen LogP contribution in [0.4, 0.5) is 0 Å². The van der Waals surface area contributed by atoms with Gasteiger partial charge in [0.15, 0.2) is 0 Å². The van der Waals surface area contributed by atoms with Gasteiger partial charge in [-0.2, -0.15) is 0 Å². The quantitative estimate of drug-likeness (QED) is 0.768. The molecule has 114 valence electrons. The van der Waals surface area contributed by atoms with E-state index in [4.69, 9.17) is 0 Å². The number of carbonyl (C=O) groups excluding carboxylic acids is 1. The molecule has 0 aliphatic carbocycles. The summed E-state index contributed by atoms with van der Waals surface area (Å²) in [5, 5.41) is 0. The lowest BCUT2D eigenvalue weighted by atomic mass is 9.77. The van der Waals surface area contributed by atoms with E-state index in [2.05, 4.69) is 31.8 Å². The van der Waals surface area contributed by atoms with E-state index >= 15 is 0 Å². The van der Waals surface area contributed by atoms with E-state index in [9.17, 15) is 4.79 Å². The number of likely N-dealkylation sites (tertiary alicyclic amines) is 1. The van der Waals surface area contributed by atoms with E-state index in [1.807, 2.05) is 23.1 Å². The lowest BCUT2D eigenvalue weighted by Crippen LogP contribution is -2.44. The summed E-state index contributed by atoms with van der Waals surface area (Å²) in [6.45, 7) is 8.07. The molecule has 1 atom stereocenters. The Hall–Kier alpha value is -1.64. The summed E-state index contributed by atoms with van der Waals surface area (Å²) >= 11 is 0. The molecule has 2 heterocycles. The van der Waals surface area contributed by atoms with Gasteiger partial charge in [0.05, 0.1) is 12.2 Å². The van der Waals surface area contributed by atoms with Gasteiger partial charge in [0.2, 0.25) is 5.91 Å². The highest BCUT2D eigenvalue weighted by atomic mass is 16.2. The number of rotatable bonds is 5. The number of allylic oxidation sites excluding steroid dienone is 2. The molecule has 1 saturated heterocycles. The van der Waals surface area contributed by atoms with Gasteiger partial charge in [0.1, 0.15) is 0 Å². The van der Waals surface area contributed by atoms with E-state index in [1.54, 1.807) is 6.20 Å². The molecule has 0 aromatic carbocycles. The van der Waals surface area contributed by atoms with Crippen molar-refractivity contribution in [2.75, 3.05) is 6.54 Å². The second kappa shape index (κ2) is 6.88. The zero-order valence-electron chi connectivity index (χ0n) is 13.4. The smallest absolute Gasteiger partial charge is 0.222 e. The number of pyridine rings is 1. The molecule has 1 amide bonds. The molecule has 2 rings (SSSR count). The van der Waals surface area contributed by atoms with Crippen molar-refractivity contribution < 1.29 is 4.79 Å². The SMILES string of the molecule is CC(C)=CCC[C@]1(C)CCC(=O)N(Cc2ccccn2)C1. The maximum absolute atomic E-state index is 12.2. The lowest BCUT2D eigenvalue weighted by molar-refractivity contribution is -0.138. The second-order valence-corrected chi connectivity index (χ2v) is 6.70. The van der Waals surface area contributed by atoms with Crippen LogP contribution in [0.5, 0.6) is 0 Å². The second-order valence-electron chi connectivity index (χ2n) is 6.70. The average Bonchev–Trinajstić information content (AvgIpc) is 2.44. The fourth-order valence-corrected chi connectivity index (χ4v) is 2.94. The first kappa shape index (κ1) is 15.7. The van der Waals surface area contributed by atoms with Crippen LogP contribution in [0.3, 0.4) is 0 Å². The minimum atomic E-state index is 0.231. The standard InChI is InChI=1S/C18H26N2O/c1-15(2)7-6-10-18(3)11-9-17(21)20(14-18)13-16-8-4-5-12-19-16/h4-5,7-8,12H,6,9-11,13-14H2,1-3H3/t18-/m1/s1. The van der Waals surface area contributed by atoms with Crippen LogP contribution in [0.25, 0.3) is 0 Å². The largest absolute Gasteiger partial charge is 0.336 e. The fraction of sp³-hybridized carbons (Fsp3) is 0.556. The summed E-state index contributed by atoms with van der Waals surface area (Å²) in [5.41, 5.74) is 2.57. The first-order valence-corrected chi connectivity index (χ1v) is 7.80. The summed E-state index contributed by atoms with van der Waals surface area (Å²) in [6, 6.07) is 5.87. The maximum Gasteiger partial charge on any atom is 0.222 e. The molecular formula is C18H26N2O. The van der Waals surface area contributed by atoms with Crippen LogP contribution in [0.1, 0.15) is 52.1 Å². The van der Waals surface area contributed by atoms with Crippen LogP contribution in [-0.2, 0) is 11.3 Å². The summed E-state index contributed by atoms with van der Waals surface area (Å²) in [6.07, 6.45) is 8.00. The average molecular weight is 286 g/mol. The van der Waals surface area contributed by atoms with Crippen LogP contribution in [0, 0.1) is 5.41 Å². The van der Waals surface area contributed by atoms with Crippen molar-refractivity contribution in [3.05, 3.63) is 41.7 Å². The third-order valence-corrected chi connectivity index (χ3v) is 4.25. The number of aromatic nitrogens is 1. The summed E-state index contributed by atoms with van der Waals surface area (Å²) < 4.78 is 0.